The van der Waals surface area contributed by atoms with Gasteiger partial charge in [-0.15, -0.1) is 0 Å². The Morgan fingerprint density at radius 1 is 0.579 bits per heavy atom. The third-order valence-electron chi connectivity index (χ3n) is 4.87. The first-order chi connectivity index (χ1) is 9.45. The molecule has 4 aliphatic rings. The van der Waals surface area contributed by atoms with Gasteiger partial charge >= 0.3 is 0 Å². The van der Waals surface area contributed by atoms with Gasteiger partial charge in [0.05, 0.1) is 0 Å². The lowest BCUT2D eigenvalue weighted by Gasteiger charge is -2.43. The molecule has 0 aromatic heterocycles. The molecule has 2 aromatic rings. The van der Waals surface area contributed by atoms with Crippen molar-refractivity contribution in [3.63, 3.8) is 0 Å². The van der Waals surface area contributed by atoms with Crippen LogP contribution in [0.3, 0.4) is 0 Å². The molecule has 90 valence electrons. The molecule has 0 spiro atoms. The van der Waals surface area contributed by atoms with E-state index < -0.39 is 0 Å². The summed E-state index contributed by atoms with van der Waals surface area (Å²) in [4.78, 5) is 0. The summed E-state index contributed by atoms with van der Waals surface area (Å²) in [5, 5.41) is 0. The summed E-state index contributed by atoms with van der Waals surface area (Å²) in [6.07, 6.45) is 5.97. The lowest BCUT2D eigenvalue weighted by molar-refractivity contribution is 0.744. The number of allylic oxidation sites excluding steroid dienone is 4. The predicted molar refractivity (Wildman–Crippen MR) is 77.4 cm³/mol. The van der Waals surface area contributed by atoms with Crippen LogP contribution >= 0.6 is 0 Å². The molecule has 0 atom stereocenters. The van der Waals surface area contributed by atoms with Crippen LogP contribution in [0.15, 0.2) is 71.8 Å². The molecule has 0 radical (unpaired) electrons. The van der Waals surface area contributed by atoms with Crippen molar-refractivity contribution in [2.75, 3.05) is 0 Å². The van der Waals surface area contributed by atoms with Crippen LogP contribution in [0.5, 0.6) is 0 Å². The number of rotatable bonds is 0. The highest BCUT2D eigenvalue weighted by atomic mass is 14.5. The molecule has 2 bridgehead atoms. The highest BCUT2D eigenvalue weighted by Crippen LogP contribution is 2.59. The van der Waals surface area contributed by atoms with Gasteiger partial charge in [0.2, 0.25) is 0 Å². The van der Waals surface area contributed by atoms with E-state index in [0.717, 1.165) is 6.42 Å². The van der Waals surface area contributed by atoms with Crippen molar-refractivity contribution < 1.29 is 0 Å². The lowest BCUT2D eigenvalue weighted by Crippen LogP contribution is -2.27. The molecule has 6 rings (SSSR count). The van der Waals surface area contributed by atoms with Crippen LogP contribution in [0.4, 0.5) is 0 Å². The van der Waals surface area contributed by atoms with Gasteiger partial charge in [0.1, 0.15) is 0 Å². The molecule has 19 heavy (non-hydrogen) atoms. The summed E-state index contributed by atoms with van der Waals surface area (Å²) < 4.78 is 0. The van der Waals surface area contributed by atoms with Gasteiger partial charge in [-0.25, -0.2) is 0 Å². The Balaban J connectivity index is 1.94. The molecule has 0 N–H and O–H groups in total. The van der Waals surface area contributed by atoms with Gasteiger partial charge < -0.3 is 0 Å². The Hall–Kier alpha value is -2.08. The van der Waals surface area contributed by atoms with Gasteiger partial charge in [-0.1, -0.05) is 60.7 Å². The summed E-state index contributed by atoms with van der Waals surface area (Å²) in [6, 6.07) is 18.0. The molecular formula is C19H14. The second-order valence-electron chi connectivity index (χ2n) is 5.68. The van der Waals surface area contributed by atoms with E-state index in [1.807, 2.05) is 0 Å². The van der Waals surface area contributed by atoms with E-state index in [-0.39, 0.29) is 0 Å². The monoisotopic (exact) mass is 242 g/mol. The first-order valence-electron chi connectivity index (χ1n) is 7.03. The fourth-order valence-electron chi connectivity index (χ4n) is 4.20. The van der Waals surface area contributed by atoms with Crippen molar-refractivity contribution >= 4 is 0 Å². The fraction of sp³-hybridized carbons (Fsp3) is 0.158. The SMILES string of the molecule is C1=C2C(=CC1)C1c3ccccc3C2c2ccccc21. The van der Waals surface area contributed by atoms with Crippen molar-refractivity contribution in [2.24, 2.45) is 0 Å². The minimum atomic E-state index is 0.478. The number of benzene rings is 2. The van der Waals surface area contributed by atoms with Crippen molar-refractivity contribution in [1.29, 1.82) is 0 Å². The van der Waals surface area contributed by atoms with Gasteiger partial charge in [-0.2, -0.15) is 0 Å². The number of hydrogen-bond acceptors (Lipinski definition) is 0. The zero-order valence-corrected chi connectivity index (χ0v) is 10.6. The van der Waals surface area contributed by atoms with E-state index in [0.29, 0.717) is 11.8 Å². The van der Waals surface area contributed by atoms with Crippen molar-refractivity contribution in [3.8, 4) is 0 Å². The van der Waals surface area contributed by atoms with Crippen LogP contribution in [0.1, 0.15) is 40.5 Å². The minimum absolute atomic E-state index is 0.478. The molecule has 0 aliphatic heterocycles. The van der Waals surface area contributed by atoms with Crippen LogP contribution in [0.2, 0.25) is 0 Å². The molecule has 0 fully saturated rings. The standard InChI is InChI=1S/C19H14/c1-2-7-13-12(6-1)18-14-8-3-4-9-15(14)19(13)17-11-5-10-16(17)18/h1-4,6-11,18-19H,5H2. The fourth-order valence-corrected chi connectivity index (χ4v) is 4.20. The quantitative estimate of drug-likeness (QED) is 0.636. The highest BCUT2D eigenvalue weighted by molar-refractivity contribution is 5.71. The Morgan fingerprint density at radius 3 is 1.32 bits per heavy atom. The van der Waals surface area contributed by atoms with E-state index in [4.69, 9.17) is 0 Å². The van der Waals surface area contributed by atoms with Gasteiger partial charge in [0.15, 0.2) is 0 Å². The third-order valence-corrected chi connectivity index (χ3v) is 4.87. The van der Waals surface area contributed by atoms with E-state index in [2.05, 4.69) is 60.7 Å². The second-order valence-corrected chi connectivity index (χ2v) is 5.68. The topological polar surface area (TPSA) is 0 Å². The average Bonchev–Trinajstić information content (AvgIpc) is 2.96. The molecule has 0 nitrogen and oxygen atoms in total. The zero-order valence-electron chi connectivity index (χ0n) is 10.6. The highest BCUT2D eigenvalue weighted by Gasteiger charge is 2.43. The Labute approximate surface area is 113 Å². The molecule has 0 heteroatoms. The van der Waals surface area contributed by atoms with Crippen molar-refractivity contribution in [3.05, 3.63) is 94.1 Å². The summed E-state index contributed by atoms with van der Waals surface area (Å²) >= 11 is 0. The Morgan fingerprint density at radius 2 is 0.947 bits per heavy atom. The smallest absolute Gasteiger partial charge is 0.0346 e. The van der Waals surface area contributed by atoms with E-state index >= 15 is 0 Å². The van der Waals surface area contributed by atoms with Crippen molar-refractivity contribution in [1.82, 2.24) is 0 Å². The maximum atomic E-state index is 2.43. The first kappa shape index (κ1) is 9.80. The molecule has 0 unspecified atom stereocenters. The normalized spacial score (nSPS) is 25.3. The van der Waals surface area contributed by atoms with Crippen LogP contribution in [0.25, 0.3) is 0 Å². The maximum absolute atomic E-state index is 2.43. The van der Waals surface area contributed by atoms with E-state index in [1.165, 1.54) is 22.3 Å². The summed E-state index contributed by atoms with van der Waals surface area (Å²) in [5.74, 6) is 0.956. The van der Waals surface area contributed by atoms with Crippen LogP contribution < -0.4 is 0 Å². The van der Waals surface area contributed by atoms with Crippen LogP contribution in [0, 0.1) is 0 Å². The second kappa shape index (κ2) is 3.27. The molecule has 0 saturated carbocycles. The summed E-state index contributed by atoms with van der Waals surface area (Å²) in [7, 11) is 0. The maximum Gasteiger partial charge on any atom is 0.0346 e. The van der Waals surface area contributed by atoms with Gasteiger partial charge in [0, 0.05) is 11.8 Å². The summed E-state index contributed by atoms with van der Waals surface area (Å²) in [6.45, 7) is 0. The van der Waals surface area contributed by atoms with Gasteiger partial charge in [0.25, 0.3) is 0 Å². The molecule has 0 amide bonds. The molecule has 0 heterocycles. The van der Waals surface area contributed by atoms with Crippen molar-refractivity contribution in [2.45, 2.75) is 18.3 Å². The Bertz CT molecular complexity index is 650. The Kier molecular flexibility index (Phi) is 1.69. The number of hydrogen-bond donors (Lipinski definition) is 0. The molecular weight excluding hydrogens is 228 g/mol. The van der Waals surface area contributed by atoms with Crippen LogP contribution in [-0.4, -0.2) is 0 Å². The third kappa shape index (κ3) is 1.06. The molecule has 4 aliphatic carbocycles. The summed E-state index contributed by atoms with van der Waals surface area (Å²) in [5.41, 5.74) is 9.24. The predicted octanol–water partition coefficient (Wildman–Crippen LogP) is 4.53. The molecule has 2 aromatic carbocycles. The molecule has 0 saturated heterocycles. The largest absolute Gasteiger partial charge is 0.0762 e. The van der Waals surface area contributed by atoms with Gasteiger partial charge in [-0.3, -0.25) is 0 Å². The van der Waals surface area contributed by atoms with Crippen LogP contribution in [-0.2, 0) is 0 Å². The van der Waals surface area contributed by atoms with Gasteiger partial charge in [-0.05, 0) is 39.8 Å². The minimum Gasteiger partial charge on any atom is -0.0762 e. The first-order valence-corrected chi connectivity index (χ1v) is 7.03. The average molecular weight is 242 g/mol. The lowest BCUT2D eigenvalue weighted by atomic mass is 9.60. The zero-order chi connectivity index (χ0) is 12.4. The van der Waals surface area contributed by atoms with E-state index in [1.54, 1.807) is 11.1 Å². The van der Waals surface area contributed by atoms with E-state index in [9.17, 15) is 0 Å².